The van der Waals surface area contributed by atoms with Gasteiger partial charge >= 0.3 is 0 Å². The molecule has 1 saturated heterocycles. The predicted molar refractivity (Wildman–Crippen MR) is 102 cm³/mol. The molecule has 0 radical (unpaired) electrons. The zero-order chi connectivity index (χ0) is 17.9. The topological polar surface area (TPSA) is 58.1 Å². The lowest BCUT2D eigenvalue weighted by atomic mass is 10.1. The maximum atomic E-state index is 5.51. The van der Waals surface area contributed by atoms with Crippen LogP contribution in [0.2, 0.25) is 0 Å². The van der Waals surface area contributed by atoms with Crippen molar-refractivity contribution < 1.29 is 9.47 Å². The van der Waals surface area contributed by atoms with Crippen LogP contribution in [0.3, 0.4) is 0 Å². The van der Waals surface area contributed by atoms with Gasteiger partial charge in [-0.15, -0.1) is 0 Å². The summed E-state index contributed by atoms with van der Waals surface area (Å²) in [6, 6.07) is 11.1. The maximum Gasteiger partial charge on any atom is 0.191 e. The van der Waals surface area contributed by atoms with Gasteiger partial charge < -0.3 is 20.1 Å². The van der Waals surface area contributed by atoms with E-state index >= 15 is 0 Å². The average molecular weight is 348 g/mol. The second-order valence-corrected chi connectivity index (χ2v) is 6.30. The van der Waals surface area contributed by atoms with Gasteiger partial charge in [0.25, 0.3) is 0 Å². The highest BCUT2D eigenvalue weighted by atomic mass is 16.5. The van der Waals surface area contributed by atoms with Crippen LogP contribution in [0.1, 0.15) is 25.5 Å². The Morgan fingerprint density at radius 1 is 1.28 bits per heavy atom. The van der Waals surface area contributed by atoms with Gasteiger partial charge in [0, 0.05) is 32.8 Å². The Labute approximate surface area is 151 Å². The summed E-state index contributed by atoms with van der Waals surface area (Å²) in [5.74, 6) is 0.834. The van der Waals surface area contributed by atoms with E-state index in [0.717, 1.165) is 38.8 Å². The third-order valence-corrected chi connectivity index (χ3v) is 4.24. The second-order valence-electron chi connectivity index (χ2n) is 6.30. The smallest absolute Gasteiger partial charge is 0.191 e. The molecule has 0 aliphatic carbocycles. The Balaban J connectivity index is 2.10. The fourth-order valence-electron chi connectivity index (χ4n) is 3.02. The highest BCUT2D eigenvalue weighted by Gasteiger charge is 2.22. The molecule has 0 saturated carbocycles. The molecule has 2 unspecified atom stereocenters. The number of methoxy groups -OCH3 is 1. The number of morpholine rings is 1. The molecule has 0 aromatic heterocycles. The van der Waals surface area contributed by atoms with Crippen molar-refractivity contribution in [3.8, 4) is 0 Å². The van der Waals surface area contributed by atoms with Crippen LogP contribution in [0.4, 0.5) is 0 Å². The molecule has 1 fully saturated rings. The van der Waals surface area contributed by atoms with Crippen molar-refractivity contribution in [3.05, 3.63) is 35.9 Å². The minimum atomic E-state index is 0.210. The Morgan fingerprint density at radius 3 is 2.64 bits per heavy atom. The van der Waals surface area contributed by atoms with E-state index in [2.05, 4.69) is 59.7 Å². The zero-order valence-electron chi connectivity index (χ0n) is 15.7. The molecule has 1 aromatic rings. The molecule has 6 nitrogen and oxygen atoms in total. The zero-order valence-corrected chi connectivity index (χ0v) is 15.7. The van der Waals surface area contributed by atoms with Gasteiger partial charge in [0.15, 0.2) is 5.96 Å². The number of hydrogen-bond acceptors (Lipinski definition) is 4. The number of benzene rings is 1. The van der Waals surface area contributed by atoms with Crippen molar-refractivity contribution in [2.24, 2.45) is 4.99 Å². The lowest BCUT2D eigenvalue weighted by Gasteiger charge is -2.34. The molecule has 1 heterocycles. The van der Waals surface area contributed by atoms with Crippen molar-refractivity contribution in [3.63, 3.8) is 0 Å². The molecule has 140 valence electrons. The Kier molecular flexibility index (Phi) is 8.72. The van der Waals surface area contributed by atoms with Crippen LogP contribution >= 0.6 is 0 Å². The summed E-state index contributed by atoms with van der Waals surface area (Å²) >= 11 is 0. The molecule has 25 heavy (non-hydrogen) atoms. The molecule has 2 atom stereocenters. The molecule has 1 aromatic carbocycles. The number of rotatable bonds is 8. The van der Waals surface area contributed by atoms with Crippen LogP contribution in [-0.4, -0.2) is 70.0 Å². The molecule has 0 spiro atoms. The van der Waals surface area contributed by atoms with Gasteiger partial charge in [-0.2, -0.15) is 0 Å². The first-order valence-electron chi connectivity index (χ1n) is 9.15. The third-order valence-electron chi connectivity index (χ3n) is 4.24. The van der Waals surface area contributed by atoms with Crippen LogP contribution in [0.25, 0.3) is 0 Å². The summed E-state index contributed by atoms with van der Waals surface area (Å²) in [5, 5.41) is 6.72. The van der Waals surface area contributed by atoms with Gasteiger partial charge in [-0.3, -0.25) is 9.89 Å². The summed E-state index contributed by atoms with van der Waals surface area (Å²) in [4.78, 5) is 7.31. The summed E-state index contributed by atoms with van der Waals surface area (Å²) in [6.07, 6.45) is 0. The Morgan fingerprint density at radius 2 is 2.00 bits per heavy atom. The van der Waals surface area contributed by atoms with Crippen LogP contribution < -0.4 is 10.6 Å². The van der Waals surface area contributed by atoms with Crippen molar-refractivity contribution in [2.45, 2.75) is 25.9 Å². The van der Waals surface area contributed by atoms with Crippen LogP contribution in [-0.2, 0) is 9.47 Å². The molecule has 1 aliphatic heterocycles. The van der Waals surface area contributed by atoms with E-state index in [-0.39, 0.29) is 12.1 Å². The van der Waals surface area contributed by atoms with E-state index in [4.69, 9.17) is 14.5 Å². The average Bonchev–Trinajstić information content (AvgIpc) is 2.64. The fourth-order valence-corrected chi connectivity index (χ4v) is 3.02. The third kappa shape index (κ3) is 6.65. The normalized spacial score (nSPS) is 18.6. The SMILES string of the molecule is CCNC(=NCC(c1ccccc1)N1CCOCC1)NC(C)COC. The van der Waals surface area contributed by atoms with Crippen LogP contribution in [0.5, 0.6) is 0 Å². The Hall–Kier alpha value is -1.63. The molecule has 2 rings (SSSR count). The highest BCUT2D eigenvalue weighted by Crippen LogP contribution is 2.22. The quantitative estimate of drug-likeness (QED) is 0.553. The van der Waals surface area contributed by atoms with Gasteiger partial charge in [-0.05, 0) is 19.4 Å². The van der Waals surface area contributed by atoms with Gasteiger partial charge in [0.1, 0.15) is 0 Å². The molecule has 6 heteroatoms. The highest BCUT2D eigenvalue weighted by molar-refractivity contribution is 5.80. The first kappa shape index (κ1) is 19.7. The van der Waals surface area contributed by atoms with Crippen LogP contribution in [0.15, 0.2) is 35.3 Å². The lowest BCUT2D eigenvalue weighted by molar-refractivity contribution is 0.0179. The van der Waals surface area contributed by atoms with Crippen molar-refractivity contribution in [2.75, 3.05) is 53.1 Å². The number of ether oxygens (including phenoxy) is 2. The first-order chi connectivity index (χ1) is 12.2. The number of hydrogen-bond donors (Lipinski definition) is 2. The molecule has 0 amide bonds. The van der Waals surface area contributed by atoms with Crippen molar-refractivity contribution >= 4 is 5.96 Å². The Bertz CT molecular complexity index is 503. The summed E-state index contributed by atoms with van der Waals surface area (Å²) in [5.41, 5.74) is 1.30. The van der Waals surface area contributed by atoms with E-state index in [1.54, 1.807) is 7.11 Å². The molecular weight excluding hydrogens is 316 g/mol. The number of nitrogens with one attached hydrogen (secondary N) is 2. The fraction of sp³-hybridized carbons (Fsp3) is 0.632. The first-order valence-corrected chi connectivity index (χ1v) is 9.15. The second kappa shape index (κ2) is 11.1. The molecule has 1 aliphatic rings. The van der Waals surface area contributed by atoms with Gasteiger partial charge in [0.2, 0.25) is 0 Å². The summed E-state index contributed by atoms with van der Waals surface area (Å²) in [6.45, 7) is 9.82. The van der Waals surface area contributed by atoms with Gasteiger partial charge in [-0.1, -0.05) is 30.3 Å². The van der Waals surface area contributed by atoms with Gasteiger partial charge in [-0.25, -0.2) is 0 Å². The summed E-state index contributed by atoms with van der Waals surface area (Å²) < 4.78 is 10.7. The van der Waals surface area contributed by atoms with E-state index in [1.165, 1.54) is 5.56 Å². The minimum Gasteiger partial charge on any atom is -0.383 e. The van der Waals surface area contributed by atoms with Crippen molar-refractivity contribution in [1.29, 1.82) is 0 Å². The number of nitrogens with zero attached hydrogens (tertiary/aromatic N) is 2. The number of aliphatic imine (C=N–C) groups is 1. The standard InChI is InChI=1S/C19H32N4O2/c1-4-20-19(22-16(2)15-24-3)21-14-18(17-8-6-5-7-9-17)23-10-12-25-13-11-23/h5-9,16,18H,4,10-15H2,1-3H3,(H2,20,21,22). The van der Waals surface area contributed by atoms with E-state index < -0.39 is 0 Å². The molecule has 2 N–H and O–H groups in total. The van der Waals surface area contributed by atoms with Crippen LogP contribution in [0, 0.1) is 0 Å². The monoisotopic (exact) mass is 348 g/mol. The van der Waals surface area contributed by atoms with E-state index in [9.17, 15) is 0 Å². The van der Waals surface area contributed by atoms with E-state index in [1.807, 2.05) is 0 Å². The molecule has 0 bridgehead atoms. The lowest BCUT2D eigenvalue weighted by Crippen LogP contribution is -2.45. The maximum absolute atomic E-state index is 5.51. The summed E-state index contributed by atoms with van der Waals surface area (Å²) in [7, 11) is 1.71. The van der Waals surface area contributed by atoms with E-state index in [0.29, 0.717) is 13.2 Å². The number of guanidine groups is 1. The van der Waals surface area contributed by atoms with Gasteiger partial charge in [0.05, 0.1) is 32.4 Å². The minimum absolute atomic E-state index is 0.210. The predicted octanol–water partition coefficient (Wildman–Crippen LogP) is 1.65. The molecular formula is C19H32N4O2. The van der Waals surface area contributed by atoms with Crippen molar-refractivity contribution in [1.82, 2.24) is 15.5 Å². The largest absolute Gasteiger partial charge is 0.383 e.